The van der Waals surface area contributed by atoms with Crippen LogP contribution in [0.3, 0.4) is 0 Å². The van der Waals surface area contributed by atoms with Crippen LogP contribution >= 0.6 is 0 Å². The molecule has 5 rings (SSSR count). The van der Waals surface area contributed by atoms with Crippen molar-refractivity contribution in [3.05, 3.63) is 119 Å². The first kappa shape index (κ1) is 38.6. The summed E-state index contributed by atoms with van der Waals surface area (Å²) in [5, 5.41) is 0.919. The minimum Gasteiger partial charge on any atom is -0.461 e. The molecule has 0 bridgehead atoms. The number of esters is 2. The number of hydrogen-bond acceptors (Lipinski definition) is 6. The zero-order valence-corrected chi connectivity index (χ0v) is 31.9. The fraction of sp³-hybridized carbons (Fsp3) is 0.435. The Bertz CT molecular complexity index is 1890. The predicted octanol–water partition coefficient (Wildman–Crippen LogP) is 10.3. The Kier molecular flexibility index (Phi) is 12.8. The number of carbonyl (C=O) groups excluding carboxylic acids is 2. The number of ether oxygens (including phenoxy) is 3. The molecule has 1 aliphatic heterocycles. The van der Waals surface area contributed by atoms with Crippen molar-refractivity contribution >= 4 is 22.9 Å². The van der Waals surface area contributed by atoms with E-state index in [2.05, 4.69) is 58.6 Å². The Morgan fingerprint density at radius 2 is 1.58 bits per heavy atom. The highest BCUT2D eigenvalue weighted by molar-refractivity contribution is 5.91. The Morgan fingerprint density at radius 3 is 2.27 bits per heavy atom. The van der Waals surface area contributed by atoms with Crippen molar-refractivity contribution in [1.29, 1.82) is 0 Å². The highest BCUT2D eigenvalue weighted by atomic mass is 16.6. The molecule has 0 radical (unpaired) electrons. The van der Waals surface area contributed by atoms with Crippen LogP contribution in [0.2, 0.25) is 0 Å². The maximum atomic E-state index is 13.4. The lowest BCUT2D eigenvalue weighted by Crippen LogP contribution is -2.41. The molecule has 274 valence electrons. The van der Waals surface area contributed by atoms with Crippen LogP contribution < -0.4 is 0 Å². The molecule has 4 aromatic rings. The normalized spacial score (nSPS) is 16.9. The molecule has 6 heteroatoms. The molecule has 52 heavy (non-hydrogen) atoms. The van der Waals surface area contributed by atoms with E-state index in [1.165, 1.54) is 5.56 Å². The molecule has 3 aromatic carbocycles. The van der Waals surface area contributed by atoms with Gasteiger partial charge in [-0.2, -0.15) is 0 Å². The van der Waals surface area contributed by atoms with Gasteiger partial charge in [0, 0.05) is 33.9 Å². The average Bonchev–Trinajstić information content (AvgIpc) is 3.67. The topological polar surface area (TPSA) is 75.0 Å². The number of aryl methyl sites for hydroxylation is 1. The van der Waals surface area contributed by atoms with E-state index >= 15 is 0 Å². The van der Waals surface area contributed by atoms with E-state index in [4.69, 9.17) is 18.6 Å². The summed E-state index contributed by atoms with van der Waals surface area (Å²) in [6.45, 7) is 15.3. The van der Waals surface area contributed by atoms with Gasteiger partial charge in [-0.15, -0.1) is 0 Å². The zero-order chi connectivity index (χ0) is 37.3. The number of furan rings is 1. The summed E-state index contributed by atoms with van der Waals surface area (Å²) in [6, 6.07) is 25.8. The van der Waals surface area contributed by atoms with Gasteiger partial charge in [0.05, 0.1) is 19.6 Å². The van der Waals surface area contributed by atoms with Crippen LogP contribution in [0, 0.1) is 36.5 Å². The molecule has 1 aliphatic rings. The van der Waals surface area contributed by atoms with E-state index in [1.807, 2.05) is 86.7 Å². The van der Waals surface area contributed by atoms with Gasteiger partial charge in [0.15, 0.2) is 5.60 Å². The number of carbonyl (C=O) groups is 2. The number of allylic oxidation sites excluding steroid dienone is 1. The van der Waals surface area contributed by atoms with Crippen LogP contribution in [0.25, 0.3) is 11.0 Å². The minimum absolute atomic E-state index is 0.0799. The van der Waals surface area contributed by atoms with Gasteiger partial charge >= 0.3 is 11.9 Å². The summed E-state index contributed by atoms with van der Waals surface area (Å²) in [4.78, 5) is 26.7. The van der Waals surface area contributed by atoms with E-state index in [9.17, 15) is 9.59 Å². The molecule has 6 nitrogen and oxygen atoms in total. The van der Waals surface area contributed by atoms with Gasteiger partial charge in [-0.1, -0.05) is 107 Å². The molecular formula is C46H54O6. The molecule has 0 unspecified atom stereocenters. The Labute approximate surface area is 309 Å². The van der Waals surface area contributed by atoms with Crippen molar-refractivity contribution < 1.29 is 28.2 Å². The van der Waals surface area contributed by atoms with Crippen LogP contribution in [0.1, 0.15) is 102 Å². The smallest absolute Gasteiger partial charge is 0.334 e. The maximum Gasteiger partial charge on any atom is 0.334 e. The minimum atomic E-state index is -1.10. The van der Waals surface area contributed by atoms with Crippen molar-refractivity contribution in [2.75, 3.05) is 13.2 Å². The van der Waals surface area contributed by atoms with Crippen LogP contribution in [-0.4, -0.2) is 30.8 Å². The second-order valence-corrected chi connectivity index (χ2v) is 16.0. The van der Waals surface area contributed by atoms with Crippen molar-refractivity contribution in [2.24, 2.45) is 17.8 Å². The summed E-state index contributed by atoms with van der Waals surface area (Å²) in [7, 11) is 0. The molecule has 0 amide bonds. The monoisotopic (exact) mass is 702 g/mol. The summed E-state index contributed by atoms with van der Waals surface area (Å²) < 4.78 is 24.3. The molecule has 0 aliphatic carbocycles. The fourth-order valence-corrected chi connectivity index (χ4v) is 6.88. The number of rotatable bonds is 15. The maximum absolute atomic E-state index is 13.4. The first-order valence-corrected chi connectivity index (χ1v) is 18.6. The van der Waals surface area contributed by atoms with Crippen LogP contribution in [0.5, 0.6) is 0 Å². The predicted molar refractivity (Wildman–Crippen MR) is 207 cm³/mol. The zero-order valence-electron chi connectivity index (χ0n) is 31.9. The lowest BCUT2D eigenvalue weighted by atomic mass is 9.86. The molecule has 1 saturated heterocycles. The lowest BCUT2D eigenvalue weighted by Gasteiger charge is -2.28. The van der Waals surface area contributed by atoms with Gasteiger partial charge in [0.1, 0.15) is 18.0 Å². The number of cyclic esters (lactones) is 1. The van der Waals surface area contributed by atoms with E-state index < -0.39 is 17.0 Å². The highest BCUT2D eigenvalue weighted by Gasteiger charge is 2.45. The summed E-state index contributed by atoms with van der Waals surface area (Å²) in [5.74, 6) is 8.02. The molecule has 1 atom stereocenters. The third-order valence-electron chi connectivity index (χ3n) is 9.54. The Balaban J connectivity index is 1.26. The van der Waals surface area contributed by atoms with Crippen molar-refractivity contribution in [3.63, 3.8) is 0 Å². The molecular weight excluding hydrogens is 649 g/mol. The van der Waals surface area contributed by atoms with Crippen LogP contribution in [-0.2, 0) is 35.8 Å². The molecule has 0 saturated carbocycles. The second kappa shape index (κ2) is 17.3. The number of hydrogen-bond donors (Lipinski definition) is 0. The summed E-state index contributed by atoms with van der Waals surface area (Å²) >= 11 is 0. The third kappa shape index (κ3) is 11.0. The SMILES string of the molecule is Cc1ccc(C#Cc2ccc3oc(C(C)(C)CC(=O)OC[C@]4(COCc5ccccc5)C/C(=C\CC(CC(C)C)CC(C)C)C(=O)O4)cc3c2)cc1. The lowest BCUT2D eigenvalue weighted by molar-refractivity contribution is -0.170. The molecule has 1 fully saturated rings. The largest absolute Gasteiger partial charge is 0.461 e. The molecule has 0 N–H and O–H groups in total. The summed E-state index contributed by atoms with van der Waals surface area (Å²) in [5.41, 5.74) is 3.65. The third-order valence-corrected chi connectivity index (χ3v) is 9.54. The Hall–Kier alpha value is -4.60. The fourth-order valence-electron chi connectivity index (χ4n) is 6.88. The molecule has 0 spiro atoms. The number of benzene rings is 3. The molecule has 2 heterocycles. The van der Waals surface area contributed by atoms with Gasteiger partial charge in [-0.25, -0.2) is 4.79 Å². The van der Waals surface area contributed by atoms with E-state index in [0.29, 0.717) is 42.1 Å². The first-order valence-electron chi connectivity index (χ1n) is 18.6. The van der Waals surface area contributed by atoms with E-state index in [1.54, 1.807) is 0 Å². The highest BCUT2D eigenvalue weighted by Crippen LogP contribution is 2.36. The van der Waals surface area contributed by atoms with Gasteiger partial charge < -0.3 is 18.6 Å². The van der Waals surface area contributed by atoms with Crippen molar-refractivity contribution in [2.45, 2.75) is 98.2 Å². The van der Waals surface area contributed by atoms with Crippen molar-refractivity contribution in [1.82, 2.24) is 0 Å². The van der Waals surface area contributed by atoms with Crippen LogP contribution in [0.15, 0.2) is 94.9 Å². The quantitative estimate of drug-likeness (QED) is 0.0697. The average molecular weight is 703 g/mol. The second-order valence-electron chi connectivity index (χ2n) is 16.0. The van der Waals surface area contributed by atoms with Gasteiger partial charge in [-0.3, -0.25) is 4.79 Å². The van der Waals surface area contributed by atoms with E-state index in [0.717, 1.165) is 46.9 Å². The van der Waals surface area contributed by atoms with Gasteiger partial charge in [0.2, 0.25) is 0 Å². The number of fused-ring (bicyclic) bond motifs is 1. The first-order chi connectivity index (χ1) is 24.8. The van der Waals surface area contributed by atoms with Gasteiger partial charge in [-0.05, 0) is 85.9 Å². The summed E-state index contributed by atoms with van der Waals surface area (Å²) in [6.07, 6.45) is 5.47. The van der Waals surface area contributed by atoms with Crippen molar-refractivity contribution in [3.8, 4) is 11.8 Å². The molecule has 1 aromatic heterocycles. The van der Waals surface area contributed by atoms with Crippen LogP contribution in [0.4, 0.5) is 0 Å². The van der Waals surface area contributed by atoms with Gasteiger partial charge in [0.25, 0.3) is 0 Å². The standard InChI is InChI=1S/C46H54O6/c1-32(2)23-38(24-33(3)4)19-21-39-27-46(52-44(39)48,30-49-29-37-11-9-8-10-12-37)31-50-43(47)28-45(6,7)42-26-40-25-36(20-22-41(40)51-42)18-17-35-15-13-34(5)14-16-35/h8-16,20-22,25-26,32-33,38H,19,23-24,27-31H2,1-7H3/b39-21+/t46-/m1/s1. The Morgan fingerprint density at radius 1 is 0.904 bits per heavy atom. The van der Waals surface area contributed by atoms with E-state index in [-0.39, 0.29) is 25.6 Å².